The van der Waals surface area contributed by atoms with Crippen molar-refractivity contribution in [3.8, 4) is 11.5 Å². The molecule has 1 N–H and O–H groups in total. The summed E-state index contributed by atoms with van der Waals surface area (Å²) in [5, 5.41) is 3.14. The third-order valence-electron chi connectivity index (χ3n) is 3.31. The summed E-state index contributed by atoms with van der Waals surface area (Å²) in [5.41, 5.74) is 0.772. The first kappa shape index (κ1) is 12.5. The molecule has 2 aliphatic rings. The Morgan fingerprint density at radius 1 is 1.05 bits per heavy atom. The molecule has 3 nitrogen and oxygen atoms in total. The first-order chi connectivity index (χ1) is 8.89. The van der Waals surface area contributed by atoms with Crippen molar-refractivity contribution in [1.29, 1.82) is 0 Å². The molecule has 0 spiro atoms. The van der Waals surface area contributed by atoms with Gasteiger partial charge in [0.15, 0.2) is 11.5 Å². The van der Waals surface area contributed by atoms with Crippen molar-refractivity contribution in [3.05, 3.63) is 23.8 Å². The molecule has 1 aromatic carbocycles. The molecular weight excluding hydrogens is 266 g/mol. The van der Waals surface area contributed by atoms with E-state index in [0.717, 1.165) is 25.1 Å². The highest BCUT2D eigenvalue weighted by atomic mass is 19.3. The Morgan fingerprint density at radius 2 is 1.74 bits per heavy atom. The zero-order valence-corrected chi connectivity index (χ0v) is 9.76. The van der Waals surface area contributed by atoms with Gasteiger partial charge in [-0.15, -0.1) is 0 Å². The van der Waals surface area contributed by atoms with E-state index in [1.165, 1.54) is 12.1 Å². The highest BCUT2D eigenvalue weighted by molar-refractivity contribution is 5.46. The second kappa shape index (κ2) is 4.00. The number of rotatable bonds is 1. The summed E-state index contributed by atoms with van der Waals surface area (Å²) < 4.78 is 60.2. The van der Waals surface area contributed by atoms with Gasteiger partial charge in [0, 0.05) is 6.54 Å². The minimum absolute atomic E-state index is 0.171. The average Bonchev–Trinajstić information content (AvgIpc) is 2.82. The van der Waals surface area contributed by atoms with Crippen LogP contribution in [0.5, 0.6) is 11.5 Å². The molecule has 1 fully saturated rings. The van der Waals surface area contributed by atoms with Crippen LogP contribution in [0.15, 0.2) is 18.2 Å². The first-order valence-electron chi connectivity index (χ1n) is 5.87. The number of hydrogen-bond donors (Lipinski definition) is 1. The van der Waals surface area contributed by atoms with Gasteiger partial charge in [-0.25, -0.2) is 0 Å². The van der Waals surface area contributed by atoms with Crippen molar-refractivity contribution >= 4 is 0 Å². The average molecular weight is 277 g/mol. The van der Waals surface area contributed by atoms with Gasteiger partial charge >= 0.3 is 12.2 Å². The predicted octanol–water partition coefficient (Wildman–Crippen LogP) is 2.72. The molecule has 2 aliphatic heterocycles. The van der Waals surface area contributed by atoms with Crippen molar-refractivity contribution < 1.29 is 27.0 Å². The van der Waals surface area contributed by atoms with E-state index >= 15 is 0 Å². The molecule has 0 aromatic heterocycles. The number of fused-ring (bicyclic) bond motifs is 1. The fraction of sp³-hybridized carbons (Fsp3) is 0.500. The van der Waals surface area contributed by atoms with Gasteiger partial charge < -0.3 is 14.8 Å². The maximum atomic E-state index is 13.1. The topological polar surface area (TPSA) is 30.5 Å². The van der Waals surface area contributed by atoms with Gasteiger partial charge in [-0.05, 0) is 36.6 Å². The van der Waals surface area contributed by atoms with E-state index in [-0.39, 0.29) is 17.4 Å². The van der Waals surface area contributed by atoms with E-state index < -0.39 is 12.2 Å². The molecule has 1 aromatic rings. The molecule has 1 saturated heterocycles. The largest absolute Gasteiger partial charge is 0.507 e. The fourth-order valence-electron chi connectivity index (χ4n) is 2.28. The Labute approximate surface area is 106 Å². The first-order valence-corrected chi connectivity index (χ1v) is 5.87. The summed E-state index contributed by atoms with van der Waals surface area (Å²) in [4.78, 5) is 0. The number of ether oxygens (including phenoxy) is 2. The second-order valence-corrected chi connectivity index (χ2v) is 4.63. The quantitative estimate of drug-likeness (QED) is 0.801. The van der Waals surface area contributed by atoms with Gasteiger partial charge in [-0.1, -0.05) is 6.07 Å². The van der Waals surface area contributed by atoms with E-state index in [9.17, 15) is 17.6 Å². The molecule has 0 aliphatic carbocycles. The van der Waals surface area contributed by atoms with Crippen LogP contribution in [0.4, 0.5) is 17.6 Å². The molecule has 0 radical (unpaired) electrons. The van der Waals surface area contributed by atoms with E-state index in [1.807, 2.05) is 0 Å². The molecule has 1 unspecified atom stereocenters. The van der Waals surface area contributed by atoms with Crippen molar-refractivity contribution in [2.75, 3.05) is 13.1 Å². The van der Waals surface area contributed by atoms with Crippen LogP contribution in [0, 0.1) is 0 Å². The highest BCUT2D eigenvalue weighted by Gasteiger charge is 2.65. The lowest BCUT2D eigenvalue weighted by Crippen LogP contribution is -2.52. The van der Waals surface area contributed by atoms with Gasteiger partial charge in [-0.2, -0.15) is 17.6 Å². The number of alkyl halides is 4. The van der Waals surface area contributed by atoms with Gasteiger partial charge in [0.25, 0.3) is 0 Å². The molecule has 0 amide bonds. The monoisotopic (exact) mass is 277 g/mol. The zero-order chi connectivity index (χ0) is 13.7. The second-order valence-electron chi connectivity index (χ2n) is 4.63. The Morgan fingerprint density at radius 3 is 2.37 bits per heavy atom. The Bertz CT molecular complexity index is 501. The third-order valence-corrected chi connectivity index (χ3v) is 3.31. The third kappa shape index (κ3) is 2.01. The van der Waals surface area contributed by atoms with Crippen LogP contribution in [-0.4, -0.2) is 25.3 Å². The molecule has 3 rings (SSSR count). The molecule has 0 saturated carbocycles. The highest BCUT2D eigenvalue weighted by Crippen LogP contribution is 2.47. The van der Waals surface area contributed by atoms with Gasteiger partial charge in [0.1, 0.15) is 0 Å². The Kier molecular flexibility index (Phi) is 2.63. The molecule has 2 heterocycles. The SMILES string of the molecule is FC1(F)Oc2ccc(C3CCNC3)cc2OC1(F)F. The van der Waals surface area contributed by atoms with Crippen LogP contribution >= 0.6 is 0 Å². The van der Waals surface area contributed by atoms with E-state index in [0.29, 0.717) is 0 Å². The van der Waals surface area contributed by atoms with E-state index in [1.54, 1.807) is 6.07 Å². The smallest absolute Gasteiger partial charge is 0.421 e. The minimum Gasteiger partial charge on any atom is -0.421 e. The predicted molar refractivity (Wildman–Crippen MR) is 57.8 cm³/mol. The molecule has 104 valence electrons. The number of nitrogens with one attached hydrogen (secondary N) is 1. The van der Waals surface area contributed by atoms with Crippen LogP contribution < -0.4 is 14.8 Å². The number of benzene rings is 1. The van der Waals surface area contributed by atoms with E-state index in [4.69, 9.17) is 0 Å². The summed E-state index contributed by atoms with van der Waals surface area (Å²) in [5.74, 6) is -0.545. The normalized spacial score (nSPS) is 27.3. The molecule has 19 heavy (non-hydrogen) atoms. The fourth-order valence-corrected chi connectivity index (χ4v) is 2.28. The van der Waals surface area contributed by atoms with E-state index in [2.05, 4.69) is 14.8 Å². The summed E-state index contributed by atoms with van der Waals surface area (Å²) in [6.07, 6.45) is -8.45. The number of halogens is 4. The van der Waals surface area contributed by atoms with Gasteiger partial charge in [-0.3, -0.25) is 0 Å². The maximum absolute atomic E-state index is 13.1. The standard InChI is InChI=1S/C12H11F4NO2/c13-11(14)12(15,16)19-10-5-7(1-2-9(10)18-11)8-3-4-17-6-8/h1-2,5,8,17H,3-4,6H2. The summed E-state index contributed by atoms with van der Waals surface area (Å²) >= 11 is 0. The maximum Gasteiger partial charge on any atom is 0.507 e. The van der Waals surface area contributed by atoms with Gasteiger partial charge in [0.05, 0.1) is 0 Å². The molecule has 0 bridgehead atoms. The van der Waals surface area contributed by atoms with Crippen molar-refractivity contribution in [2.24, 2.45) is 0 Å². The Balaban J connectivity index is 1.94. The van der Waals surface area contributed by atoms with Crippen LogP contribution in [-0.2, 0) is 0 Å². The zero-order valence-electron chi connectivity index (χ0n) is 9.76. The van der Waals surface area contributed by atoms with Crippen LogP contribution in [0.2, 0.25) is 0 Å². The Hall–Kier alpha value is -1.50. The summed E-state index contributed by atoms with van der Waals surface area (Å²) in [6, 6.07) is 4.18. The molecule has 1 atom stereocenters. The van der Waals surface area contributed by atoms with Crippen LogP contribution in [0.1, 0.15) is 17.9 Å². The lowest BCUT2D eigenvalue weighted by molar-refractivity contribution is -0.391. The number of hydrogen-bond acceptors (Lipinski definition) is 3. The lowest BCUT2D eigenvalue weighted by atomic mass is 9.98. The van der Waals surface area contributed by atoms with Gasteiger partial charge in [0.2, 0.25) is 0 Å². The molecular formula is C12H11F4NO2. The van der Waals surface area contributed by atoms with Crippen molar-refractivity contribution in [3.63, 3.8) is 0 Å². The molecule has 7 heteroatoms. The van der Waals surface area contributed by atoms with Crippen molar-refractivity contribution in [2.45, 2.75) is 24.6 Å². The lowest BCUT2D eigenvalue weighted by Gasteiger charge is -2.32. The summed E-state index contributed by atoms with van der Waals surface area (Å²) in [7, 11) is 0. The van der Waals surface area contributed by atoms with Crippen LogP contribution in [0.3, 0.4) is 0 Å². The summed E-state index contributed by atoms with van der Waals surface area (Å²) in [6.45, 7) is 1.57. The van der Waals surface area contributed by atoms with Crippen molar-refractivity contribution in [1.82, 2.24) is 5.32 Å². The van der Waals surface area contributed by atoms with Crippen LogP contribution in [0.25, 0.3) is 0 Å². The minimum atomic E-state index is -4.66.